The molecule has 0 radical (unpaired) electrons. The highest BCUT2D eigenvalue weighted by molar-refractivity contribution is 6.32. The van der Waals surface area contributed by atoms with E-state index in [2.05, 4.69) is 16.9 Å². The summed E-state index contributed by atoms with van der Waals surface area (Å²) >= 11 is 6.19. The van der Waals surface area contributed by atoms with Crippen molar-refractivity contribution in [2.24, 2.45) is 0 Å². The highest BCUT2D eigenvalue weighted by atomic mass is 35.5. The Bertz CT molecular complexity index is 570. The number of aromatic nitrogens is 2. The normalized spacial score (nSPS) is 18.6. The third-order valence-corrected chi connectivity index (χ3v) is 4.00. The van der Waals surface area contributed by atoms with E-state index in [1.54, 1.807) is 0 Å². The zero-order valence-corrected chi connectivity index (χ0v) is 11.2. The minimum absolute atomic E-state index is 0.475. The number of fused-ring (bicyclic) bond motifs is 1. The zero-order chi connectivity index (χ0) is 12.7. The lowest BCUT2D eigenvalue weighted by molar-refractivity contribution is 0.251. The molecule has 0 atom stereocenters. The molecule has 0 aromatic carbocycles. The lowest BCUT2D eigenvalue weighted by atomic mass is 9.96. The van der Waals surface area contributed by atoms with E-state index >= 15 is 0 Å². The molecule has 1 aliphatic rings. The molecule has 0 bridgehead atoms. The maximum absolute atomic E-state index is 6.19. The number of nitrogen functional groups attached to an aromatic ring is 1. The Hall–Kier alpha value is -1.26. The summed E-state index contributed by atoms with van der Waals surface area (Å²) in [7, 11) is 2.16. The van der Waals surface area contributed by atoms with E-state index in [-0.39, 0.29) is 0 Å². The van der Waals surface area contributed by atoms with Gasteiger partial charge in [-0.3, -0.25) is 4.40 Å². The number of hydrogen-bond acceptors (Lipinski definition) is 3. The van der Waals surface area contributed by atoms with Crippen LogP contribution in [0.2, 0.25) is 5.15 Å². The lowest BCUT2D eigenvalue weighted by Crippen LogP contribution is -2.29. The SMILES string of the molecule is CN1CCC(c2nc(Cl)c3ccc(N)cn23)CC1. The van der Waals surface area contributed by atoms with Crippen molar-refractivity contribution in [3.8, 4) is 0 Å². The average molecular weight is 265 g/mol. The third kappa shape index (κ3) is 1.95. The number of nitrogens with zero attached hydrogens (tertiary/aromatic N) is 3. The molecule has 0 unspecified atom stereocenters. The van der Waals surface area contributed by atoms with Crippen LogP contribution in [0.1, 0.15) is 24.6 Å². The second-order valence-corrected chi connectivity index (χ2v) is 5.41. The Morgan fingerprint density at radius 2 is 2.06 bits per heavy atom. The summed E-state index contributed by atoms with van der Waals surface area (Å²) in [4.78, 5) is 6.88. The maximum atomic E-state index is 6.19. The van der Waals surface area contributed by atoms with Crippen LogP contribution in [0.25, 0.3) is 5.52 Å². The molecular formula is C13H17ClN4. The highest BCUT2D eigenvalue weighted by Gasteiger charge is 2.23. The Balaban J connectivity index is 2.03. The summed E-state index contributed by atoms with van der Waals surface area (Å²) in [5.41, 5.74) is 7.54. The lowest BCUT2D eigenvalue weighted by Gasteiger charge is -2.28. The van der Waals surface area contributed by atoms with Gasteiger partial charge in [0.15, 0.2) is 5.15 Å². The average Bonchev–Trinajstić information content (AvgIpc) is 2.67. The molecule has 18 heavy (non-hydrogen) atoms. The first-order chi connectivity index (χ1) is 8.65. The van der Waals surface area contributed by atoms with Crippen LogP contribution < -0.4 is 5.73 Å². The van der Waals surface area contributed by atoms with Crippen molar-refractivity contribution in [1.29, 1.82) is 0 Å². The van der Waals surface area contributed by atoms with Gasteiger partial charge in [-0.1, -0.05) is 11.6 Å². The second-order valence-electron chi connectivity index (χ2n) is 5.06. The summed E-state index contributed by atoms with van der Waals surface area (Å²) in [5.74, 6) is 1.53. The fourth-order valence-electron chi connectivity index (χ4n) is 2.64. The number of hydrogen-bond donors (Lipinski definition) is 1. The largest absolute Gasteiger partial charge is 0.398 e. The molecule has 0 amide bonds. The van der Waals surface area contributed by atoms with Crippen LogP contribution in [0.15, 0.2) is 18.3 Å². The van der Waals surface area contributed by atoms with Gasteiger partial charge in [0.25, 0.3) is 0 Å². The van der Waals surface area contributed by atoms with Crippen molar-refractivity contribution in [3.63, 3.8) is 0 Å². The smallest absolute Gasteiger partial charge is 0.155 e. The molecule has 4 nitrogen and oxygen atoms in total. The monoisotopic (exact) mass is 264 g/mol. The molecule has 2 N–H and O–H groups in total. The Morgan fingerprint density at radius 3 is 2.78 bits per heavy atom. The van der Waals surface area contributed by atoms with Crippen molar-refractivity contribution in [2.75, 3.05) is 25.9 Å². The summed E-state index contributed by atoms with van der Waals surface area (Å²) in [6, 6.07) is 3.80. The quantitative estimate of drug-likeness (QED) is 0.860. The number of imidazole rings is 1. The molecule has 2 aromatic heterocycles. The number of rotatable bonds is 1. The zero-order valence-electron chi connectivity index (χ0n) is 10.4. The van der Waals surface area contributed by atoms with Gasteiger partial charge < -0.3 is 10.6 Å². The topological polar surface area (TPSA) is 46.6 Å². The number of piperidine rings is 1. The Kier molecular flexibility index (Phi) is 2.92. The van der Waals surface area contributed by atoms with Crippen LogP contribution >= 0.6 is 11.6 Å². The maximum Gasteiger partial charge on any atom is 0.155 e. The van der Waals surface area contributed by atoms with Crippen molar-refractivity contribution in [2.45, 2.75) is 18.8 Å². The fourth-order valence-corrected chi connectivity index (χ4v) is 2.88. The molecular weight excluding hydrogens is 248 g/mol. The van der Waals surface area contributed by atoms with E-state index < -0.39 is 0 Å². The van der Waals surface area contributed by atoms with Crippen molar-refractivity contribution in [3.05, 3.63) is 29.3 Å². The third-order valence-electron chi connectivity index (χ3n) is 3.73. The first-order valence-electron chi connectivity index (χ1n) is 6.26. The molecule has 1 fully saturated rings. The molecule has 3 rings (SSSR count). The minimum atomic E-state index is 0.475. The Labute approximate surface area is 111 Å². The predicted molar refractivity (Wildman–Crippen MR) is 74.1 cm³/mol. The number of pyridine rings is 1. The van der Waals surface area contributed by atoms with E-state index in [9.17, 15) is 0 Å². The molecule has 1 aliphatic heterocycles. The second kappa shape index (κ2) is 4.44. The van der Waals surface area contributed by atoms with E-state index in [0.717, 1.165) is 43.0 Å². The van der Waals surface area contributed by atoms with Gasteiger partial charge in [0, 0.05) is 17.8 Å². The van der Waals surface area contributed by atoms with Crippen LogP contribution in [-0.2, 0) is 0 Å². The van der Waals surface area contributed by atoms with Crippen LogP contribution in [0.4, 0.5) is 5.69 Å². The van der Waals surface area contributed by atoms with Gasteiger partial charge in [0.1, 0.15) is 5.82 Å². The summed E-state index contributed by atoms with van der Waals surface area (Å²) < 4.78 is 2.05. The van der Waals surface area contributed by atoms with Gasteiger partial charge in [-0.05, 0) is 45.1 Å². The van der Waals surface area contributed by atoms with E-state index in [1.165, 1.54) is 0 Å². The molecule has 0 spiro atoms. The van der Waals surface area contributed by atoms with E-state index in [0.29, 0.717) is 11.1 Å². The number of nitrogens with two attached hydrogens (primary N) is 1. The van der Waals surface area contributed by atoms with E-state index in [4.69, 9.17) is 17.3 Å². The molecule has 1 saturated heterocycles. The van der Waals surface area contributed by atoms with Gasteiger partial charge in [-0.15, -0.1) is 0 Å². The van der Waals surface area contributed by atoms with Gasteiger partial charge in [0.2, 0.25) is 0 Å². The molecule has 2 aromatic rings. The summed E-state index contributed by atoms with van der Waals surface area (Å²) in [6.07, 6.45) is 4.17. The first kappa shape index (κ1) is 11.8. The molecule has 0 saturated carbocycles. The van der Waals surface area contributed by atoms with Crippen molar-refractivity contribution < 1.29 is 0 Å². The molecule has 0 aliphatic carbocycles. The Morgan fingerprint density at radius 1 is 1.33 bits per heavy atom. The number of likely N-dealkylation sites (tertiary alicyclic amines) is 1. The van der Waals surface area contributed by atoms with E-state index in [1.807, 2.05) is 22.7 Å². The van der Waals surface area contributed by atoms with Gasteiger partial charge >= 0.3 is 0 Å². The predicted octanol–water partition coefficient (Wildman–Crippen LogP) is 2.38. The number of anilines is 1. The van der Waals surface area contributed by atoms with Crippen LogP contribution in [0.5, 0.6) is 0 Å². The van der Waals surface area contributed by atoms with Crippen molar-refractivity contribution in [1.82, 2.24) is 14.3 Å². The first-order valence-corrected chi connectivity index (χ1v) is 6.64. The highest BCUT2D eigenvalue weighted by Crippen LogP contribution is 2.30. The van der Waals surface area contributed by atoms with Gasteiger partial charge in [-0.25, -0.2) is 4.98 Å². The molecule has 96 valence electrons. The summed E-state index contributed by atoms with van der Waals surface area (Å²) in [5, 5.41) is 0.573. The van der Waals surface area contributed by atoms with Crippen LogP contribution in [0, 0.1) is 0 Å². The number of halogens is 1. The van der Waals surface area contributed by atoms with Crippen LogP contribution in [-0.4, -0.2) is 34.4 Å². The van der Waals surface area contributed by atoms with Gasteiger partial charge in [0.05, 0.1) is 5.52 Å². The van der Waals surface area contributed by atoms with Crippen molar-refractivity contribution >= 4 is 22.8 Å². The summed E-state index contributed by atoms with van der Waals surface area (Å²) in [6.45, 7) is 2.22. The minimum Gasteiger partial charge on any atom is -0.398 e. The van der Waals surface area contributed by atoms with Gasteiger partial charge in [-0.2, -0.15) is 0 Å². The molecule has 3 heterocycles. The molecule has 5 heteroatoms. The van der Waals surface area contributed by atoms with Crippen LogP contribution in [0.3, 0.4) is 0 Å². The standard InChI is InChI=1S/C13H17ClN4/c1-17-6-4-9(5-7-17)13-16-12(14)11-3-2-10(15)8-18(11)13/h2-3,8-9H,4-7,15H2,1H3. The fraction of sp³-hybridized carbons (Fsp3) is 0.462.